The second kappa shape index (κ2) is 14.2. The summed E-state index contributed by atoms with van der Waals surface area (Å²) in [6.07, 6.45) is 2.34. The van der Waals surface area contributed by atoms with Gasteiger partial charge in [-0.15, -0.1) is 0 Å². The second-order valence-corrected chi connectivity index (χ2v) is 11.0. The largest absolute Gasteiger partial charge is 0.508 e. The van der Waals surface area contributed by atoms with Gasteiger partial charge in [-0.05, 0) is 60.6 Å². The molecule has 0 bridgehead atoms. The number of phenols is 1. The summed E-state index contributed by atoms with van der Waals surface area (Å²) >= 11 is 13.2. The number of likely N-dealkylation sites (tertiary alicyclic amines) is 1. The summed E-state index contributed by atoms with van der Waals surface area (Å²) in [5, 5.41) is 35.9. The van der Waals surface area contributed by atoms with E-state index in [1.807, 2.05) is 4.90 Å². The molecule has 2 aliphatic heterocycles. The molecule has 4 rings (SSSR count). The van der Waals surface area contributed by atoms with Crippen molar-refractivity contribution in [2.75, 3.05) is 39.4 Å². The molecule has 0 radical (unpaired) electrons. The van der Waals surface area contributed by atoms with E-state index < -0.39 is 24.0 Å². The van der Waals surface area contributed by atoms with E-state index in [9.17, 15) is 24.9 Å². The van der Waals surface area contributed by atoms with Crippen LogP contribution in [0.2, 0.25) is 10.0 Å². The Hall–Kier alpha value is -3.09. The Labute approximate surface area is 248 Å². The van der Waals surface area contributed by atoms with Gasteiger partial charge in [0, 0.05) is 39.3 Å². The fraction of sp³-hybridized carbons (Fsp3) is 0.464. The average Bonchev–Trinajstić information content (AvgIpc) is 3.48. The van der Waals surface area contributed by atoms with Crippen molar-refractivity contribution in [1.29, 1.82) is 0 Å². The van der Waals surface area contributed by atoms with Gasteiger partial charge in [-0.2, -0.15) is 0 Å². The quantitative estimate of drug-likeness (QED) is 0.176. The predicted molar refractivity (Wildman–Crippen MR) is 157 cm³/mol. The molecular weight excluding hydrogens is 571 g/mol. The Balaban J connectivity index is 1.40. The molecule has 2 aromatic rings. The smallest absolute Gasteiger partial charge is 0.328 e. The van der Waals surface area contributed by atoms with Gasteiger partial charge >= 0.3 is 5.97 Å². The molecule has 41 heavy (non-hydrogen) atoms. The lowest BCUT2D eigenvalue weighted by atomic mass is 9.96. The summed E-state index contributed by atoms with van der Waals surface area (Å²) in [5.41, 5.74) is 7.95. The van der Waals surface area contributed by atoms with E-state index in [0.717, 1.165) is 37.1 Å². The van der Waals surface area contributed by atoms with Crippen LogP contribution in [0.25, 0.3) is 0 Å². The minimum Gasteiger partial charge on any atom is -0.508 e. The summed E-state index contributed by atoms with van der Waals surface area (Å²) in [6.45, 7) is 3.35. The van der Waals surface area contributed by atoms with Gasteiger partial charge in [-0.3, -0.25) is 9.69 Å². The number of hydrogen-bond acceptors (Lipinski definition) is 7. The maximum absolute atomic E-state index is 13.2. The highest BCUT2D eigenvalue weighted by molar-refractivity contribution is 6.40. The number of halogens is 2. The zero-order valence-electron chi connectivity index (χ0n) is 22.7. The number of aliphatic hydroxyl groups excluding tert-OH is 1. The number of hydrogen-bond donors (Lipinski definition) is 6. The number of nitrogens with one attached hydrogen (secondary N) is 2. The number of carbonyl (C=O) groups is 2. The van der Waals surface area contributed by atoms with Crippen molar-refractivity contribution in [2.24, 2.45) is 10.7 Å². The summed E-state index contributed by atoms with van der Waals surface area (Å²) in [6, 6.07) is 7.01. The first-order valence-electron chi connectivity index (χ1n) is 13.6. The van der Waals surface area contributed by atoms with Gasteiger partial charge in [-0.25, -0.2) is 9.79 Å². The van der Waals surface area contributed by atoms with E-state index in [0.29, 0.717) is 44.0 Å². The SMILES string of the molecule is NCN=C(NC[C@H](NC(=O)c1c(Cl)cc2c(c1Cl)CCN(CCC(O)c1cccc(O)c1)C2)C(=O)O)N1CCCC1. The molecule has 13 heteroatoms. The third kappa shape index (κ3) is 7.81. The lowest BCUT2D eigenvalue weighted by Gasteiger charge is -2.31. The highest BCUT2D eigenvalue weighted by atomic mass is 35.5. The van der Waals surface area contributed by atoms with Gasteiger partial charge in [-0.1, -0.05) is 35.3 Å². The lowest BCUT2D eigenvalue weighted by molar-refractivity contribution is -0.139. The van der Waals surface area contributed by atoms with Crippen molar-refractivity contribution in [1.82, 2.24) is 20.4 Å². The number of fused-ring (bicyclic) bond motifs is 1. The Bertz CT molecular complexity index is 1290. The molecule has 1 saturated heterocycles. The van der Waals surface area contributed by atoms with E-state index in [2.05, 4.69) is 20.5 Å². The van der Waals surface area contributed by atoms with Crippen LogP contribution in [0.1, 0.15) is 52.4 Å². The van der Waals surface area contributed by atoms with Crippen LogP contribution < -0.4 is 16.4 Å². The molecule has 2 heterocycles. The van der Waals surface area contributed by atoms with Crippen molar-refractivity contribution < 1.29 is 24.9 Å². The highest BCUT2D eigenvalue weighted by Crippen LogP contribution is 2.35. The van der Waals surface area contributed by atoms with Gasteiger partial charge in [0.25, 0.3) is 5.91 Å². The van der Waals surface area contributed by atoms with Crippen LogP contribution >= 0.6 is 23.2 Å². The van der Waals surface area contributed by atoms with Crippen LogP contribution in [-0.4, -0.2) is 88.4 Å². The van der Waals surface area contributed by atoms with Crippen molar-refractivity contribution in [3.8, 4) is 5.75 Å². The maximum atomic E-state index is 13.2. The molecule has 2 aromatic carbocycles. The molecule has 1 amide bonds. The lowest BCUT2D eigenvalue weighted by Crippen LogP contribution is -2.51. The number of amides is 1. The molecule has 1 unspecified atom stereocenters. The first kappa shape index (κ1) is 30.9. The number of aromatic hydroxyl groups is 1. The molecule has 2 atom stereocenters. The Kier molecular flexibility index (Phi) is 10.7. The molecule has 1 fully saturated rings. The molecule has 7 N–H and O–H groups in total. The average molecular weight is 608 g/mol. The van der Waals surface area contributed by atoms with Crippen molar-refractivity contribution in [3.05, 3.63) is 62.6 Å². The summed E-state index contributed by atoms with van der Waals surface area (Å²) in [7, 11) is 0. The van der Waals surface area contributed by atoms with Crippen LogP contribution in [0.15, 0.2) is 35.3 Å². The second-order valence-electron chi connectivity index (χ2n) is 10.2. The van der Waals surface area contributed by atoms with E-state index in [-0.39, 0.29) is 34.6 Å². The summed E-state index contributed by atoms with van der Waals surface area (Å²) in [5.74, 6) is -1.27. The van der Waals surface area contributed by atoms with Gasteiger partial charge in [0.1, 0.15) is 11.8 Å². The van der Waals surface area contributed by atoms with Crippen LogP contribution in [0.4, 0.5) is 0 Å². The van der Waals surface area contributed by atoms with E-state index >= 15 is 0 Å². The number of phenolic OH excluding ortho intramolecular Hbond substituents is 1. The molecular formula is C28H36Cl2N6O5. The van der Waals surface area contributed by atoms with E-state index in [1.54, 1.807) is 30.3 Å². The van der Waals surface area contributed by atoms with Crippen LogP contribution in [-0.2, 0) is 17.8 Å². The van der Waals surface area contributed by atoms with Gasteiger partial charge in [0.2, 0.25) is 0 Å². The minimum absolute atomic E-state index is 0.0430. The number of rotatable bonds is 10. The molecule has 0 spiro atoms. The summed E-state index contributed by atoms with van der Waals surface area (Å²) in [4.78, 5) is 33.6. The Morgan fingerprint density at radius 3 is 2.59 bits per heavy atom. The van der Waals surface area contributed by atoms with E-state index in [4.69, 9.17) is 28.9 Å². The number of guanidine groups is 1. The number of nitrogens with two attached hydrogens (primary N) is 1. The Morgan fingerprint density at radius 1 is 1.15 bits per heavy atom. The van der Waals surface area contributed by atoms with Crippen LogP contribution in [0.3, 0.4) is 0 Å². The standard InChI is InChI=1S/C28H36Cl2N6O5/c29-21-13-18-15-35(11-7-23(38)17-4-3-5-19(37)12-17)10-6-20(18)25(30)24(21)26(39)34-22(27(40)41)14-32-28(33-16-31)36-8-1-2-9-36/h3-5,12-13,22-23,37-38H,1-2,6-11,14-16,31H2,(H,32,33)(H,34,39)(H,40,41)/t22-,23?/m0/s1. The zero-order valence-corrected chi connectivity index (χ0v) is 24.2. The van der Waals surface area contributed by atoms with Crippen molar-refractivity contribution in [3.63, 3.8) is 0 Å². The number of nitrogens with zero attached hydrogens (tertiary/aromatic N) is 3. The number of aliphatic carboxylic acids is 1. The third-order valence-corrected chi connectivity index (χ3v) is 8.11. The number of aliphatic hydroxyl groups is 1. The van der Waals surface area contributed by atoms with Crippen molar-refractivity contribution >= 4 is 41.0 Å². The molecule has 0 saturated carbocycles. The number of carboxylic acid groups (broad SMARTS) is 1. The van der Waals surface area contributed by atoms with Crippen LogP contribution in [0.5, 0.6) is 5.75 Å². The highest BCUT2D eigenvalue weighted by Gasteiger charge is 2.29. The van der Waals surface area contributed by atoms with Gasteiger partial charge < -0.3 is 36.6 Å². The number of benzene rings is 2. The fourth-order valence-electron chi connectivity index (χ4n) is 5.22. The molecule has 0 aliphatic carbocycles. The van der Waals surface area contributed by atoms with E-state index in [1.165, 1.54) is 0 Å². The monoisotopic (exact) mass is 606 g/mol. The topological polar surface area (TPSA) is 164 Å². The maximum Gasteiger partial charge on any atom is 0.328 e. The summed E-state index contributed by atoms with van der Waals surface area (Å²) < 4.78 is 0. The minimum atomic E-state index is -1.26. The third-order valence-electron chi connectivity index (χ3n) is 7.40. The molecule has 11 nitrogen and oxygen atoms in total. The zero-order chi connectivity index (χ0) is 29.5. The first-order chi connectivity index (χ1) is 19.7. The fourth-order valence-corrected chi connectivity index (χ4v) is 5.98. The van der Waals surface area contributed by atoms with Gasteiger partial charge in [0.15, 0.2) is 5.96 Å². The van der Waals surface area contributed by atoms with Crippen molar-refractivity contribution in [2.45, 2.75) is 44.4 Å². The molecule has 0 aromatic heterocycles. The normalized spacial score (nSPS) is 17.2. The first-order valence-corrected chi connectivity index (χ1v) is 14.4. The van der Waals surface area contributed by atoms with Gasteiger partial charge in [0.05, 0.1) is 28.4 Å². The molecule has 2 aliphatic rings. The number of carboxylic acids is 1. The van der Waals surface area contributed by atoms with Crippen LogP contribution in [0, 0.1) is 0 Å². The number of carbonyl (C=O) groups excluding carboxylic acids is 1. The number of aliphatic imine (C=N–C) groups is 1. The Morgan fingerprint density at radius 2 is 1.90 bits per heavy atom. The molecule has 222 valence electrons. The predicted octanol–water partition coefficient (Wildman–Crippen LogP) is 2.32.